The van der Waals surface area contributed by atoms with Crippen LogP contribution in [0.1, 0.15) is 10.4 Å². The zero-order chi connectivity index (χ0) is 13.2. The molecule has 0 bridgehead atoms. The molecule has 0 unspecified atom stereocenters. The molecule has 0 radical (unpaired) electrons. The molecule has 0 N–H and O–H groups in total. The Kier molecular flexibility index (Phi) is 2.97. The minimum atomic E-state index is -0.493. The van der Waals surface area contributed by atoms with E-state index in [0.29, 0.717) is 11.5 Å². The van der Waals surface area contributed by atoms with E-state index >= 15 is 0 Å². The summed E-state index contributed by atoms with van der Waals surface area (Å²) in [6, 6.07) is 9.51. The van der Waals surface area contributed by atoms with Crippen LogP contribution < -0.4 is 0 Å². The summed E-state index contributed by atoms with van der Waals surface area (Å²) in [4.78, 5) is 16.6. The first kappa shape index (κ1) is 11.8. The van der Waals surface area contributed by atoms with Gasteiger partial charge in [0.05, 0.1) is 4.88 Å². The first-order valence-corrected chi connectivity index (χ1v) is 6.42. The number of rotatable bonds is 2. The van der Waals surface area contributed by atoms with E-state index in [-0.39, 0.29) is 11.5 Å². The molecule has 1 aliphatic rings. The van der Waals surface area contributed by atoms with Gasteiger partial charge in [0.2, 0.25) is 5.90 Å². The second-order valence-electron chi connectivity index (χ2n) is 3.86. The second kappa shape index (κ2) is 4.78. The number of aliphatic imine (C=N–C) groups is 1. The van der Waals surface area contributed by atoms with Crippen LogP contribution in [0, 0.1) is 5.82 Å². The zero-order valence-corrected chi connectivity index (χ0v) is 10.5. The van der Waals surface area contributed by atoms with Crippen molar-refractivity contribution in [3.05, 3.63) is 63.7 Å². The summed E-state index contributed by atoms with van der Waals surface area (Å²) in [7, 11) is 0. The van der Waals surface area contributed by atoms with Gasteiger partial charge in [-0.25, -0.2) is 14.2 Å². The van der Waals surface area contributed by atoms with Gasteiger partial charge in [-0.15, -0.1) is 11.3 Å². The molecule has 3 nitrogen and oxygen atoms in total. The van der Waals surface area contributed by atoms with Crippen LogP contribution in [-0.4, -0.2) is 11.9 Å². The molecule has 5 heteroatoms. The van der Waals surface area contributed by atoms with Crippen molar-refractivity contribution in [3.63, 3.8) is 0 Å². The van der Waals surface area contributed by atoms with E-state index < -0.39 is 5.97 Å². The Labute approximate surface area is 112 Å². The summed E-state index contributed by atoms with van der Waals surface area (Å²) < 4.78 is 17.9. The maximum absolute atomic E-state index is 12.8. The molecule has 3 rings (SSSR count). The molecule has 0 saturated heterocycles. The number of hydrogen-bond donors (Lipinski definition) is 0. The van der Waals surface area contributed by atoms with Crippen molar-refractivity contribution < 1.29 is 13.9 Å². The van der Waals surface area contributed by atoms with Crippen LogP contribution in [0.2, 0.25) is 0 Å². The van der Waals surface area contributed by atoms with E-state index in [2.05, 4.69) is 4.99 Å². The lowest BCUT2D eigenvalue weighted by Gasteiger charge is -1.94. The number of halogens is 1. The SMILES string of the molecule is O=C1OC(c2cccs2)=N/C1=C\c1ccc(F)cc1. The Morgan fingerprint density at radius 3 is 2.68 bits per heavy atom. The Bertz CT molecular complexity index is 672. The van der Waals surface area contributed by atoms with Gasteiger partial charge < -0.3 is 4.74 Å². The summed E-state index contributed by atoms with van der Waals surface area (Å²) in [5.74, 6) is -0.500. The maximum Gasteiger partial charge on any atom is 0.363 e. The van der Waals surface area contributed by atoms with Gasteiger partial charge in [0.1, 0.15) is 5.82 Å². The van der Waals surface area contributed by atoms with Crippen LogP contribution in [0.5, 0.6) is 0 Å². The predicted molar refractivity (Wildman–Crippen MR) is 71.3 cm³/mol. The van der Waals surface area contributed by atoms with Crippen molar-refractivity contribution in [2.45, 2.75) is 0 Å². The Morgan fingerprint density at radius 1 is 1.21 bits per heavy atom. The van der Waals surface area contributed by atoms with E-state index in [1.165, 1.54) is 23.5 Å². The van der Waals surface area contributed by atoms with Crippen molar-refractivity contribution in [3.8, 4) is 0 Å². The molecule has 0 amide bonds. The first-order chi connectivity index (χ1) is 9.22. The number of benzene rings is 1. The third kappa shape index (κ3) is 2.46. The highest BCUT2D eigenvalue weighted by molar-refractivity contribution is 7.12. The topological polar surface area (TPSA) is 38.7 Å². The van der Waals surface area contributed by atoms with Crippen LogP contribution in [0.3, 0.4) is 0 Å². The minimum absolute atomic E-state index is 0.218. The molecule has 19 heavy (non-hydrogen) atoms. The third-order valence-electron chi connectivity index (χ3n) is 2.53. The fourth-order valence-corrected chi connectivity index (χ4v) is 2.28. The Hall–Kier alpha value is -2.27. The molecule has 1 aliphatic heterocycles. The second-order valence-corrected chi connectivity index (χ2v) is 4.81. The number of cyclic esters (lactones) is 1. The number of ether oxygens (including phenoxy) is 1. The highest BCUT2D eigenvalue weighted by Crippen LogP contribution is 2.21. The highest BCUT2D eigenvalue weighted by Gasteiger charge is 2.24. The monoisotopic (exact) mass is 273 g/mol. The van der Waals surface area contributed by atoms with Crippen molar-refractivity contribution in [1.82, 2.24) is 0 Å². The molecule has 0 spiro atoms. The molecule has 0 fully saturated rings. The first-order valence-electron chi connectivity index (χ1n) is 5.54. The van der Waals surface area contributed by atoms with Gasteiger partial charge in [-0.2, -0.15) is 0 Å². The third-order valence-corrected chi connectivity index (χ3v) is 3.38. The van der Waals surface area contributed by atoms with E-state index in [4.69, 9.17) is 4.74 Å². The number of thiophene rings is 1. The van der Waals surface area contributed by atoms with Crippen molar-refractivity contribution in [2.75, 3.05) is 0 Å². The molecule has 0 atom stereocenters. The number of carbonyl (C=O) groups excluding carboxylic acids is 1. The molecular formula is C14H8FNO2S. The number of nitrogens with zero attached hydrogens (tertiary/aromatic N) is 1. The summed E-state index contributed by atoms with van der Waals surface area (Å²) >= 11 is 1.45. The van der Waals surface area contributed by atoms with Gasteiger partial charge in [-0.3, -0.25) is 0 Å². The molecule has 2 aromatic rings. The molecule has 2 heterocycles. The summed E-state index contributed by atoms with van der Waals surface area (Å²) in [6.07, 6.45) is 1.57. The van der Waals surface area contributed by atoms with Crippen molar-refractivity contribution in [1.29, 1.82) is 0 Å². The molecule has 94 valence electrons. The van der Waals surface area contributed by atoms with Crippen molar-refractivity contribution >= 4 is 29.3 Å². The lowest BCUT2D eigenvalue weighted by Crippen LogP contribution is -2.03. The zero-order valence-electron chi connectivity index (χ0n) is 9.67. The van der Waals surface area contributed by atoms with E-state index in [1.54, 1.807) is 18.2 Å². The Balaban J connectivity index is 1.92. The summed E-state index contributed by atoms with van der Waals surface area (Å²) in [6.45, 7) is 0. The smallest absolute Gasteiger partial charge is 0.363 e. The summed E-state index contributed by atoms with van der Waals surface area (Å²) in [5, 5.41) is 1.88. The molecule has 1 aromatic heterocycles. The Morgan fingerprint density at radius 2 is 2.00 bits per heavy atom. The number of esters is 1. The van der Waals surface area contributed by atoms with Crippen LogP contribution in [0.25, 0.3) is 6.08 Å². The number of carbonyl (C=O) groups is 1. The average molecular weight is 273 g/mol. The molecular weight excluding hydrogens is 265 g/mol. The van der Waals surface area contributed by atoms with Crippen LogP contribution in [-0.2, 0) is 9.53 Å². The van der Waals surface area contributed by atoms with Gasteiger partial charge in [0.15, 0.2) is 5.70 Å². The molecule has 0 aliphatic carbocycles. The normalized spacial score (nSPS) is 16.6. The number of hydrogen-bond acceptors (Lipinski definition) is 4. The predicted octanol–water partition coefficient (Wildman–Crippen LogP) is 3.23. The molecule has 0 saturated carbocycles. The van der Waals surface area contributed by atoms with Gasteiger partial charge in [0, 0.05) is 0 Å². The lowest BCUT2D eigenvalue weighted by molar-refractivity contribution is -0.129. The van der Waals surface area contributed by atoms with Gasteiger partial charge in [-0.1, -0.05) is 18.2 Å². The maximum atomic E-state index is 12.8. The van der Waals surface area contributed by atoms with Gasteiger partial charge in [-0.05, 0) is 35.2 Å². The average Bonchev–Trinajstić information content (AvgIpc) is 3.03. The summed E-state index contributed by atoms with van der Waals surface area (Å²) in [5.41, 5.74) is 0.916. The largest absolute Gasteiger partial charge is 0.401 e. The van der Waals surface area contributed by atoms with Crippen LogP contribution in [0.4, 0.5) is 4.39 Å². The standard InChI is InChI=1S/C14H8FNO2S/c15-10-5-3-9(4-6-10)8-11-14(17)18-13(16-11)12-2-1-7-19-12/h1-8H/b11-8-. The van der Waals surface area contributed by atoms with Crippen LogP contribution >= 0.6 is 11.3 Å². The fourth-order valence-electron chi connectivity index (χ4n) is 1.63. The van der Waals surface area contributed by atoms with Gasteiger partial charge in [0.25, 0.3) is 0 Å². The highest BCUT2D eigenvalue weighted by atomic mass is 32.1. The minimum Gasteiger partial charge on any atom is -0.401 e. The lowest BCUT2D eigenvalue weighted by atomic mass is 10.2. The quantitative estimate of drug-likeness (QED) is 0.622. The molecule has 1 aromatic carbocycles. The van der Waals surface area contributed by atoms with E-state index in [1.807, 2.05) is 17.5 Å². The van der Waals surface area contributed by atoms with Crippen molar-refractivity contribution in [2.24, 2.45) is 4.99 Å². The van der Waals surface area contributed by atoms with E-state index in [0.717, 1.165) is 4.88 Å². The van der Waals surface area contributed by atoms with Crippen LogP contribution in [0.15, 0.2) is 52.5 Å². The fraction of sp³-hybridized carbons (Fsp3) is 0. The van der Waals surface area contributed by atoms with Gasteiger partial charge >= 0.3 is 5.97 Å². The van der Waals surface area contributed by atoms with E-state index in [9.17, 15) is 9.18 Å².